The molecule has 39 heavy (non-hydrogen) atoms. The zero-order chi connectivity index (χ0) is 27.2. The van der Waals surface area contributed by atoms with Gasteiger partial charge in [-0.3, -0.25) is 10.1 Å². The van der Waals surface area contributed by atoms with E-state index >= 15 is 0 Å². The summed E-state index contributed by atoms with van der Waals surface area (Å²) in [5, 5.41) is 17.5. The first-order chi connectivity index (χ1) is 19.0. The van der Waals surface area contributed by atoms with Crippen molar-refractivity contribution < 1.29 is 28.5 Å². The van der Waals surface area contributed by atoms with Crippen molar-refractivity contribution in [1.82, 2.24) is 15.5 Å². The van der Waals surface area contributed by atoms with Crippen molar-refractivity contribution in [2.45, 2.75) is 12.5 Å². The van der Waals surface area contributed by atoms with Crippen LogP contribution in [-0.4, -0.2) is 49.2 Å². The van der Waals surface area contributed by atoms with Crippen LogP contribution < -0.4 is 34.9 Å². The Bertz CT molecular complexity index is 1480. The molecule has 0 bridgehead atoms. The van der Waals surface area contributed by atoms with Crippen LogP contribution in [-0.2, 0) is 11.2 Å². The van der Waals surface area contributed by atoms with E-state index in [1.807, 2.05) is 42.5 Å². The summed E-state index contributed by atoms with van der Waals surface area (Å²) in [7, 11) is 3.03. The van der Waals surface area contributed by atoms with Crippen molar-refractivity contribution in [2.75, 3.05) is 31.6 Å². The number of nitrogens with one attached hydrogen (secondary N) is 3. The highest BCUT2D eigenvalue weighted by Crippen LogP contribution is 2.37. The van der Waals surface area contributed by atoms with Gasteiger partial charge in [-0.1, -0.05) is 41.7 Å². The first-order valence-corrected chi connectivity index (χ1v) is 12.7. The van der Waals surface area contributed by atoms with E-state index in [-0.39, 0.29) is 13.2 Å². The molecule has 0 spiro atoms. The van der Waals surface area contributed by atoms with Crippen LogP contribution in [0.4, 0.5) is 15.6 Å². The Labute approximate surface area is 228 Å². The Morgan fingerprint density at radius 3 is 2.56 bits per heavy atom. The molecule has 11 nitrogen and oxygen atoms in total. The van der Waals surface area contributed by atoms with Crippen molar-refractivity contribution in [3.63, 3.8) is 0 Å². The summed E-state index contributed by atoms with van der Waals surface area (Å²) >= 11 is 1.21. The Hall–Kier alpha value is -4.84. The molecular weight excluding hydrogens is 522 g/mol. The maximum Gasteiger partial charge on any atom is 0.320 e. The number of benzene rings is 3. The number of aromatic nitrogens is 2. The molecule has 12 heteroatoms. The Kier molecular flexibility index (Phi) is 7.73. The van der Waals surface area contributed by atoms with Gasteiger partial charge in [-0.15, -0.1) is 10.2 Å². The molecule has 1 atom stereocenters. The van der Waals surface area contributed by atoms with Gasteiger partial charge >= 0.3 is 6.03 Å². The van der Waals surface area contributed by atoms with Gasteiger partial charge in [-0.25, -0.2) is 4.79 Å². The lowest BCUT2D eigenvalue weighted by molar-refractivity contribution is -0.117. The molecule has 200 valence electrons. The third kappa shape index (κ3) is 6.18. The molecule has 0 unspecified atom stereocenters. The van der Waals surface area contributed by atoms with Gasteiger partial charge in [0.15, 0.2) is 11.5 Å². The van der Waals surface area contributed by atoms with Crippen LogP contribution >= 0.6 is 11.3 Å². The number of anilines is 2. The van der Waals surface area contributed by atoms with Crippen molar-refractivity contribution >= 4 is 34.1 Å². The Balaban J connectivity index is 1.30. The number of fused-ring (bicyclic) bond motifs is 1. The summed E-state index contributed by atoms with van der Waals surface area (Å²) in [5.74, 6) is 1.84. The maximum absolute atomic E-state index is 13.3. The molecule has 0 fully saturated rings. The molecule has 2 heterocycles. The van der Waals surface area contributed by atoms with E-state index in [9.17, 15) is 9.59 Å². The molecule has 5 rings (SSSR count). The number of carbonyl (C=O) groups is 2. The van der Waals surface area contributed by atoms with E-state index in [1.165, 1.54) is 25.6 Å². The molecule has 1 aliphatic heterocycles. The zero-order valence-corrected chi connectivity index (χ0v) is 21.9. The van der Waals surface area contributed by atoms with Crippen molar-refractivity contribution in [2.24, 2.45) is 0 Å². The number of methoxy groups -OCH3 is 2. The number of hydrogen-bond donors (Lipinski definition) is 3. The molecule has 3 amide bonds. The highest BCUT2D eigenvalue weighted by Gasteiger charge is 2.24. The van der Waals surface area contributed by atoms with Crippen LogP contribution in [0.2, 0.25) is 0 Å². The quantitative estimate of drug-likeness (QED) is 0.282. The predicted molar refractivity (Wildman–Crippen MR) is 146 cm³/mol. The predicted octanol–water partition coefficient (Wildman–Crippen LogP) is 4.32. The van der Waals surface area contributed by atoms with Crippen molar-refractivity contribution in [3.05, 3.63) is 72.3 Å². The average Bonchev–Trinajstić information content (AvgIpc) is 3.62. The standard InChI is InChI=1S/C27H25N5O6S/c1-35-18-9-10-19(22(14-18)36-2)28-26(34)29-20(12-16-6-4-3-5-7-16)24(33)30-27-32-31-25(39-27)17-8-11-21-23(13-17)38-15-37-21/h3-11,13-14,20H,12,15H2,1-2H3,(H2,28,29,34)(H,30,32,33)/t20-/m0/s1. The lowest BCUT2D eigenvalue weighted by Gasteiger charge is -2.19. The van der Waals surface area contributed by atoms with Crippen LogP contribution in [0.1, 0.15) is 5.56 Å². The van der Waals surface area contributed by atoms with E-state index in [4.69, 9.17) is 18.9 Å². The van der Waals surface area contributed by atoms with Crippen LogP contribution in [0.15, 0.2) is 66.7 Å². The van der Waals surface area contributed by atoms with E-state index in [0.717, 1.165) is 11.1 Å². The molecule has 3 N–H and O–H groups in total. The first-order valence-electron chi connectivity index (χ1n) is 11.9. The molecule has 1 aliphatic rings. The topological polar surface area (TPSA) is 133 Å². The summed E-state index contributed by atoms with van der Waals surface area (Å²) in [6.45, 7) is 0.171. The fraction of sp³-hybridized carbons (Fsp3) is 0.185. The second-order valence-corrected chi connectivity index (χ2v) is 9.35. The number of ether oxygens (including phenoxy) is 4. The summed E-state index contributed by atoms with van der Waals surface area (Å²) in [6, 6.07) is 18.4. The van der Waals surface area contributed by atoms with Gasteiger partial charge in [0, 0.05) is 18.1 Å². The van der Waals surface area contributed by atoms with Crippen LogP contribution in [0, 0.1) is 0 Å². The molecule has 1 aromatic heterocycles. The van der Waals surface area contributed by atoms with Crippen LogP contribution in [0.3, 0.4) is 0 Å². The Morgan fingerprint density at radius 1 is 0.949 bits per heavy atom. The second kappa shape index (κ2) is 11.7. The summed E-state index contributed by atoms with van der Waals surface area (Å²) in [6.07, 6.45) is 0.258. The molecule has 3 aromatic carbocycles. The second-order valence-electron chi connectivity index (χ2n) is 8.38. The van der Waals surface area contributed by atoms with Gasteiger partial charge < -0.3 is 29.6 Å². The van der Waals surface area contributed by atoms with Gasteiger partial charge in [0.25, 0.3) is 0 Å². The lowest BCUT2D eigenvalue weighted by atomic mass is 10.1. The fourth-order valence-corrected chi connectivity index (χ4v) is 4.63. The highest BCUT2D eigenvalue weighted by molar-refractivity contribution is 7.18. The lowest BCUT2D eigenvalue weighted by Crippen LogP contribution is -2.47. The number of carbonyl (C=O) groups excluding carboxylic acids is 2. The van der Waals surface area contributed by atoms with Gasteiger partial charge in [0.2, 0.25) is 17.8 Å². The van der Waals surface area contributed by atoms with Crippen LogP contribution in [0.5, 0.6) is 23.0 Å². The number of rotatable bonds is 9. The smallest absolute Gasteiger partial charge is 0.320 e. The van der Waals surface area contributed by atoms with Gasteiger partial charge in [0.1, 0.15) is 22.5 Å². The summed E-state index contributed by atoms with van der Waals surface area (Å²) in [5.41, 5.74) is 2.08. The van der Waals surface area contributed by atoms with E-state index in [2.05, 4.69) is 26.1 Å². The largest absolute Gasteiger partial charge is 0.497 e. The summed E-state index contributed by atoms with van der Waals surface area (Å²) < 4.78 is 21.3. The average molecular weight is 548 g/mol. The SMILES string of the molecule is COc1ccc(NC(=O)N[C@@H](Cc2ccccc2)C(=O)Nc2nnc(-c3ccc4c(c3)OCO4)s2)c(OC)c1. The third-order valence-electron chi connectivity index (χ3n) is 5.84. The normalized spacial score (nSPS) is 12.4. The molecular formula is C27H25N5O6S. The third-order valence-corrected chi connectivity index (χ3v) is 6.72. The van der Waals surface area contributed by atoms with E-state index < -0.39 is 18.0 Å². The summed E-state index contributed by atoms with van der Waals surface area (Å²) in [4.78, 5) is 26.3. The van der Waals surface area contributed by atoms with Gasteiger partial charge in [0.05, 0.1) is 19.9 Å². The van der Waals surface area contributed by atoms with Crippen molar-refractivity contribution in [1.29, 1.82) is 0 Å². The highest BCUT2D eigenvalue weighted by atomic mass is 32.1. The minimum absolute atomic E-state index is 0.171. The van der Waals surface area contributed by atoms with Gasteiger partial charge in [-0.2, -0.15) is 0 Å². The van der Waals surface area contributed by atoms with Gasteiger partial charge in [-0.05, 0) is 35.9 Å². The number of hydrogen-bond acceptors (Lipinski definition) is 9. The van der Waals surface area contributed by atoms with E-state index in [0.29, 0.717) is 38.8 Å². The fourth-order valence-electron chi connectivity index (χ4n) is 3.89. The first kappa shape index (κ1) is 25.8. The molecule has 0 radical (unpaired) electrons. The number of nitrogens with zero attached hydrogens (tertiary/aromatic N) is 2. The minimum Gasteiger partial charge on any atom is -0.497 e. The number of urea groups is 1. The van der Waals surface area contributed by atoms with E-state index in [1.54, 1.807) is 24.3 Å². The van der Waals surface area contributed by atoms with Crippen molar-refractivity contribution in [3.8, 4) is 33.6 Å². The number of amides is 3. The molecule has 4 aromatic rings. The van der Waals surface area contributed by atoms with Crippen LogP contribution in [0.25, 0.3) is 10.6 Å². The zero-order valence-electron chi connectivity index (χ0n) is 21.1. The Morgan fingerprint density at radius 2 is 1.77 bits per heavy atom. The molecule has 0 saturated carbocycles. The molecule has 0 aliphatic carbocycles. The monoisotopic (exact) mass is 547 g/mol. The maximum atomic E-state index is 13.3. The minimum atomic E-state index is -0.908. The molecule has 0 saturated heterocycles.